The van der Waals surface area contributed by atoms with Gasteiger partial charge in [0.25, 0.3) is 0 Å². The molecular weight excluding hydrogens is 256 g/mol. The molecule has 0 aliphatic rings. The third kappa shape index (κ3) is 3.16. The van der Waals surface area contributed by atoms with Gasteiger partial charge < -0.3 is 14.8 Å². The first kappa shape index (κ1) is 12.7. The third-order valence-electron chi connectivity index (χ3n) is 2.36. The molecular formula is C11H12N2O4S. The highest BCUT2D eigenvalue weighted by Crippen LogP contribution is 2.22. The van der Waals surface area contributed by atoms with Crippen molar-refractivity contribution in [1.29, 1.82) is 0 Å². The first-order valence-electron chi connectivity index (χ1n) is 5.31. The zero-order chi connectivity index (χ0) is 13.0. The molecule has 0 saturated carbocycles. The molecule has 0 fully saturated rings. The minimum Gasteiger partial charge on any atom is -0.467 e. The Morgan fingerprint density at radius 2 is 2.44 bits per heavy atom. The van der Waals surface area contributed by atoms with Crippen LogP contribution in [0.3, 0.4) is 0 Å². The van der Waals surface area contributed by atoms with Gasteiger partial charge in [-0.1, -0.05) is 11.3 Å². The van der Waals surface area contributed by atoms with Gasteiger partial charge in [0.15, 0.2) is 0 Å². The zero-order valence-electron chi connectivity index (χ0n) is 9.41. The van der Waals surface area contributed by atoms with E-state index in [1.165, 1.54) is 12.3 Å². The van der Waals surface area contributed by atoms with Crippen LogP contribution >= 0.6 is 11.3 Å². The Bertz CT molecular complexity index is 509. The summed E-state index contributed by atoms with van der Waals surface area (Å²) in [5.74, 6) is 0.499. The van der Waals surface area contributed by atoms with Crippen LogP contribution in [0.15, 0.2) is 34.3 Å². The van der Waals surface area contributed by atoms with Crippen molar-refractivity contribution in [3.63, 3.8) is 0 Å². The molecule has 6 nitrogen and oxygen atoms in total. The summed E-state index contributed by atoms with van der Waals surface area (Å²) in [7, 11) is 0. The molecule has 0 amide bonds. The highest BCUT2D eigenvalue weighted by Gasteiger charge is 2.11. The molecule has 1 unspecified atom stereocenters. The number of nitrogens with one attached hydrogen (secondary N) is 1. The fourth-order valence-electron chi connectivity index (χ4n) is 1.49. The summed E-state index contributed by atoms with van der Waals surface area (Å²) in [5, 5.41) is 25.1. The lowest BCUT2D eigenvalue weighted by Crippen LogP contribution is -2.20. The van der Waals surface area contributed by atoms with Gasteiger partial charge in [-0.2, -0.15) is 0 Å². The lowest BCUT2D eigenvalue weighted by Gasteiger charge is -2.08. The average molecular weight is 268 g/mol. The quantitative estimate of drug-likeness (QED) is 0.618. The minimum atomic E-state index is -0.714. The number of aliphatic hydroxyl groups is 1. The topological polar surface area (TPSA) is 88.5 Å². The van der Waals surface area contributed by atoms with Crippen LogP contribution in [0.4, 0.5) is 5.00 Å². The Labute approximate surface area is 107 Å². The Kier molecular flexibility index (Phi) is 4.08. The number of aliphatic hydroxyl groups excluding tert-OH is 1. The van der Waals surface area contributed by atoms with E-state index in [0.29, 0.717) is 18.8 Å². The Morgan fingerprint density at radius 3 is 3.06 bits per heavy atom. The van der Waals surface area contributed by atoms with Gasteiger partial charge in [-0.25, -0.2) is 0 Å². The largest absolute Gasteiger partial charge is 0.467 e. The van der Waals surface area contributed by atoms with Crippen LogP contribution in [0, 0.1) is 10.1 Å². The molecule has 2 N–H and O–H groups in total. The third-order valence-corrected chi connectivity index (χ3v) is 3.29. The molecule has 0 aliphatic heterocycles. The molecule has 0 radical (unpaired) electrons. The van der Waals surface area contributed by atoms with Crippen molar-refractivity contribution in [1.82, 2.24) is 5.32 Å². The molecule has 18 heavy (non-hydrogen) atoms. The average Bonchev–Trinajstić information content (AvgIpc) is 3.00. The van der Waals surface area contributed by atoms with E-state index in [1.54, 1.807) is 17.5 Å². The van der Waals surface area contributed by atoms with E-state index in [0.717, 1.165) is 16.9 Å². The fourth-order valence-corrected chi connectivity index (χ4v) is 2.21. The van der Waals surface area contributed by atoms with Gasteiger partial charge in [-0.05, 0) is 17.7 Å². The van der Waals surface area contributed by atoms with E-state index in [9.17, 15) is 15.2 Å². The molecule has 96 valence electrons. The van der Waals surface area contributed by atoms with Crippen LogP contribution in [0.25, 0.3) is 0 Å². The molecule has 7 heteroatoms. The summed E-state index contributed by atoms with van der Waals surface area (Å²) < 4.78 is 5.06. The molecule has 0 aliphatic carbocycles. The molecule has 2 aromatic rings. The Balaban J connectivity index is 1.79. The summed E-state index contributed by atoms with van der Waals surface area (Å²) in [5.41, 5.74) is 0.832. The number of hydrogen-bond acceptors (Lipinski definition) is 6. The second-order valence-corrected chi connectivity index (χ2v) is 4.60. The summed E-state index contributed by atoms with van der Waals surface area (Å²) in [6.07, 6.45) is 0.787. The highest BCUT2D eigenvalue weighted by molar-refractivity contribution is 7.13. The van der Waals surface area contributed by atoms with Crippen LogP contribution in [0.5, 0.6) is 0 Å². The van der Waals surface area contributed by atoms with Gasteiger partial charge in [0.05, 0.1) is 11.2 Å². The van der Waals surface area contributed by atoms with Crippen molar-refractivity contribution in [2.45, 2.75) is 12.6 Å². The molecule has 0 spiro atoms. The first-order chi connectivity index (χ1) is 8.66. The van der Waals surface area contributed by atoms with E-state index in [4.69, 9.17) is 4.42 Å². The molecule has 1 atom stereocenters. The molecule has 0 saturated heterocycles. The molecule has 0 bridgehead atoms. The van der Waals surface area contributed by atoms with Crippen molar-refractivity contribution in [3.8, 4) is 0 Å². The summed E-state index contributed by atoms with van der Waals surface area (Å²) in [6, 6.07) is 4.93. The zero-order valence-corrected chi connectivity index (χ0v) is 10.2. The second kappa shape index (κ2) is 5.76. The van der Waals surface area contributed by atoms with E-state index in [2.05, 4.69) is 5.32 Å². The normalized spacial score (nSPS) is 12.5. The molecule has 2 rings (SSSR count). The van der Waals surface area contributed by atoms with Gasteiger partial charge in [-0.15, -0.1) is 0 Å². The molecule has 2 heterocycles. The van der Waals surface area contributed by atoms with Gasteiger partial charge in [0.1, 0.15) is 11.9 Å². The number of thiophene rings is 1. The van der Waals surface area contributed by atoms with Gasteiger partial charge in [0, 0.05) is 24.5 Å². The van der Waals surface area contributed by atoms with E-state index < -0.39 is 11.0 Å². The van der Waals surface area contributed by atoms with Crippen LogP contribution < -0.4 is 5.32 Å². The van der Waals surface area contributed by atoms with E-state index in [1.807, 2.05) is 0 Å². The smallest absolute Gasteiger partial charge is 0.324 e. The fraction of sp³-hybridized carbons (Fsp3) is 0.273. The van der Waals surface area contributed by atoms with E-state index in [-0.39, 0.29) is 5.00 Å². The minimum absolute atomic E-state index is 0.124. The first-order valence-corrected chi connectivity index (χ1v) is 6.19. The maximum absolute atomic E-state index is 10.5. The predicted octanol–water partition coefficient (Wildman–Crippen LogP) is 2.07. The van der Waals surface area contributed by atoms with Crippen molar-refractivity contribution in [3.05, 3.63) is 51.3 Å². The maximum atomic E-state index is 10.5. The number of furan rings is 1. The van der Waals surface area contributed by atoms with Crippen LogP contribution in [0.2, 0.25) is 0 Å². The molecule has 0 aromatic carbocycles. The lowest BCUT2D eigenvalue weighted by atomic mass is 10.2. The van der Waals surface area contributed by atoms with Crippen LogP contribution in [-0.2, 0) is 6.54 Å². The Morgan fingerprint density at radius 1 is 1.61 bits per heavy atom. The Hall–Kier alpha value is -1.70. The van der Waals surface area contributed by atoms with Crippen LogP contribution in [-0.4, -0.2) is 16.6 Å². The number of nitro groups is 1. The highest BCUT2D eigenvalue weighted by atomic mass is 32.1. The number of nitrogens with zero attached hydrogens (tertiary/aromatic N) is 1. The lowest BCUT2D eigenvalue weighted by molar-refractivity contribution is -0.380. The SMILES string of the molecule is O=[N+]([O-])c1cc(CNCC(O)c2ccco2)cs1. The summed E-state index contributed by atoms with van der Waals surface area (Å²) in [4.78, 5) is 10.1. The van der Waals surface area contributed by atoms with Gasteiger partial charge >= 0.3 is 5.00 Å². The maximum Gasteiger partial charge on any atom is 0.324 e. The summed E-state index contributed by atoms with van der Waals surface area (Å²) >= 11 is 1.09. The van der Waals surface area contributed by atoms with Crippen molar-refractivity contribution >= 4 is 16.3 Å². The van der Waals surface area contributed by atoms with Crippen molar-refractivity contribution < 1.29 is 14.4 Å². The summed E-state index contributed by atoms with van der Waals surface area (Å²) in [6.45, 7) is 0.805. The van der Waals surface area contributed by atoms with E-state index >= 15 is 0 Å². The number of rotatable bonds is 6. The van der Waals surface area contributed by atoms with Crippen molar-refractivity contribution in [2.75, 3.05) is 6.54 Å². The standard InChI is InChI=1S/C11H12N2O4S/c14-9(10-2-1-3-17-10)6-12-5-8-4-11(13(15)16)18-7-8/h1-4,7,9,12,14H,5-6H2. The van der Waals surface area contributed by atoms with Crippen molar-refractivity contribution in [2.24, 2.45) is 0 Å². The number of hydrogen-bond donors (Lipinski definition) is 2. The predicted molar refractivity (Wildman–Crippen MR) is 66.3 cm³/mol. The van der Waals surface area contributed by atoms with Gasteiger partial charge in [0.2, 0.25) is 0 Å². The van der Waals surface area contributed by atoms with Crippen LogP contribution in [0.1, 0.15) is 17.4 Å². The second-order valence-electron chi connectivity index (χ2n) is 3.71. The molecule has 2 aromatic heterocycles. The van der Waals surface area contributed by atoms with Gasteiger partial charge in [-0.3, -0.25) is 10.1 Å². The monoisotopic (exact) mass is 268 g/mol.